The van der Waals surface area contributed by atoms with Crippen molar-refractivity contribution in [2.24, 2.45) is 0 Å². The maximum Gasteiger partial charge on any atom is 0.314 e. The second-order valence-electron chi connectivity index (χ2n) is 5.28. The van der Waals surface area contributed by atoms with Crippen LogP contribution in [0.1, 0.15) is 24.8 Å². The standard InChI is InChI=1S/C16H23N3O3/c20-15(18-11-13-5-2-1-3-6-13)8-9-17-16(21)19-12-14-7-4-10-22-14/h1-3,5-6,14H,4,7-12H2,(H,18,20)(H2,17,19,21)/t14-/m1/s1. The fourth-order valence-corrected chi connectivity index (χ4v) is 2.25. The van der Waals surface area contributed by atoms with Crippen molar-refractivity contribution in [3.05, 3.63) is 35.9 Å². The Morgan fingerprint density at radius 1 is 1.14 bits per heavy atom. The van der Waals surface area contributed by atoms with Crippen molar-refractivity contribution in [2.75, 3.05) is 19.7 Å². The molecule has 3 amide bonds. The van der Waals surface area contributed by atoms with E-state index < -0.39 is 0 Å². The fourth-order valence-electron chi connectivity index (χ4n) is 2.25. The lowest BCUT2D eigenvalue weighted by Gasteiger charge is -2.11. The molecule has 120 valence electrons. The van der Waals surface area contributed by atoms with Crippen LogP contribution in [-0.2, 0) is 16.1 Å². The van der Waals surface area contributed by atoms with Crippen LogP contribution in [0.3, 0.4) is 0 Å². The van der Waals surface area contributed by atoms with Crippen molar-refractivity contribution in [3.63, 3.8) is 0 Å². The summed E-state index contributed by atoms with van der Waals surface area (Å²) in [5.74, 6) is -0.0803. The van der Waals surface area contributed by atoms with Crippen LogP contribution < -0.4 is 16.0 Å². The van der Waals surface area contributed by atoms with Crippen LogP contribution >= 0.6 is 0 Å². The predicted octanol–water partition coefficient (Wildman–Crippen LogP) is 1.17. The third-order valence-electron chi connectivity index (χ3n) is 3.48. The van der Waals surface area contributed by atoms with E-state index in [1.165, 1.54) is 0 Å². The summed E-state index contributed by atoms with van der Waals surface area (Å²) >= 11 is 0. The molecule has 2 rings (SSSR count). The van der Waals surface area contributed by atoms with Crippen molar-refractivity contribution in [2.45, 2.75) is 31.9 Å². The summed E-state index contributed by atoms with van der Waals surface area (Å²) in [5.41, 5.74) is 1.05. The van der Waals surface area contributed by atoms with Crippen molar-refractivity contribution >= 4 is 11.9 Å². The molecule has 1 aliphatic heterocycles. The van der Waals surface area contributed by atoms with Gasteiger partial charge in [-0.25, -0.2) is 4.79 Å². The molecule has 1 fully saturated rings. The fraction of sp³-hybridized carbons (Fsp3) is 0.500. The normalized spacial score (nSPS) is 17.0. The van der Waals surface area contributed by atoms with Gasteiger partial charge in [0.25, 0.3) is 0 Å². The summed E-state index contributed by atoms with van der Waals surface area (Å²) in [5, 5.41) is 8.24. The van der Waals surface area contributed by atoms with Crippen LogP contribution in [0.4, 0.5) is 4.79 Å². The second-order valence-corrected chi connectivity index (χ2v) is 5.28. The van der Waals surface area contributed by atoms with Gasteiger partial charge in [-0.1, -0.05) is 30.3 Å². The van der Waals surface area contributed by atoms with E-state index in [9.17, 15) is 9.59 Å². The molecule has 0 saturated carbocycles. The zero-order chi connectivity index (χ0) is 15.6. The van der Waals surface area contributed by atoms with Crippen LogP contribution in [0.25, 0.3) is 0 Å². The molecule has 1 heterocycles. The van der Waals surface area contributed by atoms with E-state index in [-0.39, 0.29) is 24.5 Å². The van der Waals surface area contributed by atoms with Gasteiger partial charge in [0.15, 0.2) is 0 Å². The average molecular weight is 305 g/mol. The Morgan fingerprint density at radius 3 is 2.68 bits per heavy atom. The average Bonchev–Trinajstić information content (AvgIpc) is 3.05. The van der Waals surface area contributed by atoms with Crippen LogP contribution in [-0.4, -0.2) is 37.7 Å². The van der Waals surface area contributed by atoms with Gasteiger partial charge in [0, 0.05) is 32.7 Å². The maximum atomic E-state index is 11.7. The smallest absolute Gasteiger partial charge is 0.314 e. The third kappa shape index (κ3) is 6.13. The zero-order valence-corrected chi connectivity index (χ0v) is 12.6. The van der Waals surface area contributed by atoms with E-state index in [2.05, 4.69) is 16.0 Å². The van der Waals surface area contributed by atoms with Gasteiger partial charge in [0.2, 0.25) is 5.91 Å². The molecule has 1 atom stereocenters. The molecule has 6 heteroatoms. The summed E-state index contributed by atoms with van der Waals surface area (Å²) in [6.45, 7) is 2.12. The quantitative estimate of drug-likeness (QED) is 0.707. The molecule has 0 radical (unpaired) electrons. The number of rotatable bonds is 7. The molecule has 1 aromatic carbocycles. The van der Waals surface area contributed by atoms with Gasteiger partial charge in [-0.3, -0.25) is 4.79 Å². The molecule has 1 aromatic rings. The molecule has 0 unspecified atom stereocenters. The number of amides is 3. The number of carbonyl (C=O) groups is 2. The minimum atomic E-state index is -0.258. The lowest BCUT2D eigenvalue weighted by atomic mass is 10.2. The van der Waals surface area contributed by atoms with Gasteiger partial charge in [-0.2, -0.15) is 0 Å². The largest absolute Gasteiger partial charge is 0.376 e. The van der Waals surface area contributed by atoms with E-state index >= 15 is 0 Å². The molecule has 1 aliphatic rings. The first-order chi connectivity index (χ1) is 10.7. The number of hydrogen-bond donors (Lipinski definition) is 3. The maximum absolute atomic E-state index is 11.7. The molecular weight excluding hydrogens is 282 g/mol. The summed E-state index contributed by atoms with van der Waals surface area (Å²) in [4.78, 5) is 23.2. The summed E-state index contributed by atoms with van der Waals surface area (Å²) in [6.07, 6.45) is 2.43. The first kappa shape index (κ1) is 16.3. The van der Waals surface area contributed by atoms with E-state index in [1.54, 1.807) is 0 Å². The Balaban J connectivity index is 1.51. The third-order valence-corrected chi connectivity index (χ3v) is 3.48. The van der Waals surface area contributed by atoms with Crippen molar-refractivity contribution < 1.29 is 14.3 Å². The molecule has 0 spiro atoms. The Labute approximate surface area is 130 Å². The highest BCUT2D eigenvalue weighted by atomic mass is 16.5. The summed E-state index contributed by atoms with van der Waals surface area (Å²) < 4.78 is 5.41. The Bertz CT molecular complexity index is 473. The minimum Gasteiger partial charge on any atom is -0.376 e. The number of ether oxygens (including phenoxy) is 1. The summed E-state index contributed by atoms with van der Waals surface area (Å²) in [7, 11) is 0. The zero-order valence-electron chi connectivity index (χ0n) is 12.6. The monoisotopic (exact) mass is 305 g/mol. The van der Waals surface area contributed by atoms with Gasteiger partial charge in [0.1, 0.15) is 0 Å². The lowest BCUT2D eigenvalue weighted by Crippen LogP contribution is -2.41. The number of hydrogen-bond acceptors (Lipinski definition) is 3. The van der Waals surface area contributed by atoms with Gasteiger partial charge >= 0.3 is 6.03 Å². The highest BCUT2D eigenvalue weighted by Gasteiger charge is 2.15. The highest BCUT2D eigenvalue weighted by molar-refractivity contribution is 5.78. The molecule has 1 saturated heterocycles. The molecule has 22 heavy (non-hydrogen) atoms. The van der Waals surface area contributed by atoms with Crippen molar-refractivity contribution in [3.8, 4) is 0 Å². The highest BCUT2D eigenvalue weighted by Crippen LogP contribution is 2.10. The van der Waals surface area contributed by atoms with Crippen LogP contribution in [0.15, 0.2) is 30.3 Å². The Hall–Kier alpha value is -2.08. The summed E-state index contributed by atoms with van der Waals surface area (Å²) in [6, 6.07) is 9.45. The molecule has 3 N–H and O–H groups in total. The number of urea groups is 1. The predicted molar refractivity (Wildman–Crippen MR) is 83.3 cm³/mol. The van der Waals surface area contributed by atoms with Gasteiger partial charge in [0.05, 0.1) is 6.10 Å². The van der Waals surface area contributed by atoms with Crippen molar-refractivity contribution in [1.82, 2.24) is 16.0 Å². The minimum absolute atomic E-state index is 0.0803. The van der Waals surface area contributed by atoms with Gasteiger partial charge in [-0.15, -0.1) is 0 Å². The second kappa shape index (κ2) is 9.04. The SMILES string of the molecule is O=C(CCNC(=O)NC[C@H]1CCCO1)NCc1ccccc1. The number of benzene rings is 1. The lowest BCUT2D eigenvalue weighted by molar-refractivity contribution is -0.121. The molecular formula is C16H23N3O3. The van der Waals surface area contributed by atoms with Crippen molar-refractivity contribution in [1.29, 1.82) is 0 Å². The first-order valence-electron chi connectivity index (χ1n) is 7.68. The van der Waals surface area contributed by atoms with E-state index in [1.807, 2.05) is 30.3 Å². The molecule has 0 aliphatic carbocycles. The van der Waals surface area contributed by atoms with Crippen LogP contribution in [0.5, 0.6) is 0 Å². The Kier molecular flexibility index (Phi) is 6.70. The number of carbonyl (C=O) groups excluding carboxylic acids is 2. The first-order valence-corrected chi connectivity index (χ1v) is 7.68. The molecule has 6 nitrogen and oxygen atoms in total. The Morgan fingerprint density at radius 2 is 1.95 bits per heavy atom. The van der Waals surface area contributed by atoms with Gasteiger partial charge < -0.3 is 20.7 Å². The molecule has 0 bridgehead atoms. The van der Waals surface area contributed by atoms with Gasteiger partial charge in [-0.05, 0) is 18.4 Å². The van der Waals surface area contributed by atoms with E-state index in [0.29, 0.717) is 19.6 Å². The topological polar surface area (TPSA) is 79.5 Å². The van der Waals surface area contributed by atoms with Crippen LogP contribution in [0, 0.1) is 0 Å². The van der Waals surface area contributed by atoms with Crippen LogP contribution in [0.2, 0.25) is 0 Å². The van der Waals surface area contributed by atoms with E-state index in [0.717, 1.165) is 25.0 Å². The van der Waals surface area contributed by atoms with E-state index in [4.69, 9.17) is 4.74 Å². The number of nitrogens with one attached hydrogen (secondary N) is 3. The molecule has 0 aromatic heterocycles.